The number of pyridine rings is 1. The molecule has 2 heterocycles. The lowest BCUT2D eigenvalue weighted by Gasteiger charge is -2.16. The second-order valence-corrected chi connectivity index (χ2v) is 5.53. The molecule has 5 nitrogen and oxygen atoms in total. The number of hydrogen-bond acceptors (Lipinski definition) is 3. The molecule has 2 rings (SSSR count). The Kier molecular flexibility index (Phi) is 5.72. The maximum Gasteiger partial charge on any atom is 0.225 e. The molecule has 0 radical (unpaired) electrons. The van der Waals surface area contributed by atoms with E-state index in [0.717, 1.165) is 31.4 Å². The second kappa shape index (κ2) is 7.76. The molecule has 0 spiro atoms. The first-order valence-corrected chi connectivity index (χ1v) is 7.65. The molecular weight excluding hydrogens is 266 g/mol. The summed E-state index contributed by atoms with van der Waals surface area (Å²) in [6.45, 7) is 3.94. The van der Waals surface area contributed by atoms with Crippen LogP contribution in [0.1, 0.15) is 38.2 Å². The normalized spacial score (nSPS) is 18.0. The van der Waals surface area contributed by atoms with Gasteiger partial charge in [0.1, 0.15) is 0 Å². The van der Waals surface area contributed by atoms with E-state index >= 15 is 0 Å². The van der Waals surface area contributed by atoms with Crippen molar-refractivity contribution in [3.63, 3.8) is 0 Å². The molecule has 114 valence electrons. The van der Waals surface area contributed by atoms with Crippen molar-refractivity contribution in [3.8, 4) is 0 Å². The lowest BCUT2D eigenvalue weighted by molar-refractivity contribution is -0.129. The fraction of sp³-hybridized carbons (Fsp3) is 0.562. The van der Waals surface area contributed by atoms with Gasteiger partial charge in [-0.2, -0.15) is 0 Å². The Morgan fingerprint density at radius 3 is 3.05 bits per heavy atom. The molecule has 2 amide bonds. The van der Waals surface area contributed by atoms with Crippen molar-refractivity contribution < 1.29 is 9.59 Å². The zero-order valence-corrected chi connectivity index (χ0v) is 12.5. The Labute approximate surface area is 125 Å². The van der Waals surface area contributed by atoms with Gasteiger partial charge in [0.25, 0.3) is 0 Å². The average Bonchev–Trinajstić information content (AvgIpc) is 2.87. The second-order valence-electron chi connectivity index (χ2n) is 5.53. The first-order valence-electron chi connectivity index (χ1n) is 7.65. The number of unbranched alkanes of at least 4 members (excludes halogenated alkanes) is 2. The van der Waals surface area contributed by atoms with Crippen molar-refractivity contribution in [1.82, 2.24) is 15.2 Å². The van der Waals surface area contributed by atoms with Crippen molar-refractivity contribution in [2.45, 2.75) is 39.2 Å². The summed E-state index contributed by atoms with van der Waals surface area (Å²) in [7, 11) is 0. The minimum Gasteiger partial charge on any atom is -0.352 e. The minimum atomic E-state index is -0.212. The van der Waals surface area contributed by atoms with Gasteiger partial charge in [0.15, 0.2) is 0 Å². The van der Waals surface area contributed by atoms with Gasteiger partial charge in [-0.3, -0.25) is 14.6 Å². The third-order valence-corrected chi connectivity index (χ3v) is 3.81. The Morgan fingerprint density at radius 2 is 2.33 bits per heavy atom. The number of carbonyl (C=O) groups excluding carboxylic acids is 2. The van der Waals surface area contributed by atoms with E-state index in [-0.39, 0.29) is 17.7 Å². The van der Waals surface area contributed by atoms with Crippen LogP contribution in [0.5, 0.6) is 0 Å². The molecule has 1 saturated heterocycles. The average molecular weight is 289 g/mol. The minimum absolute atomic E-state index is 0.0369. The molecule has 1 unspecified atom stereocenters. The van der Waals surface area contributed by atoms with Crippen molar-refractivity contribution >= 4 is 11.8 Å². The molecule has 0 aromatic carbocycles. The van der Waals surface area contributed by atoms with Crippen LogP contribution in [0.4, 0.5) is 0 Å². The van der Waals surface area contributed by atoms with Gasteiger partial charge in [0, 0.05) is 38.4 Å². The predicted octanol–water partition coefficient (Wildman–Crippen LogP) is 1.74. The summed E-state index contributed by atoms with van der Waals surface area (Å²) in [6, 6.07) is 3.76. The van der Waals surface area contributed by atoms with E-state index in [4.69, 9.17) is 0 Å². The van der Waals surface area contributed by atoms with E-state index in [2.05, 4.69) is 17.2 Å². The van der Waals surface area contributed by atoms with Crippen LogP contribution in [0.3, 0.4) is 0 Å². The van der Waals surface area contributed by atoms with Gasteiger partial charge in [-0.15, -0.1) is 0 Å². The quantitative estimate of drug-likeness (QED) is 0.778. The molecule has 1 aliphatic rings. The molecule has 0 bridgehead atoms. The van der Waals surface area contributed by atoms with Crippen molar-refractivity contribution in [2.24, 2.45) is 5.92 Å². The summed E-state index contributed by atoms with van der Waals surface area (Å²) in [5.74, 6) is -0.145. The number of nitrogens with zero attached hydrogens (tertiary/aromatic N) is 2. The van der Waals surface area contributed by atoms with E-state index in [1.54, 1.807) is 12.4 Å². The summed E-state index contributed by atoms with van der Waals surface area (Å²) in [6.07, 6.45) is 7.06. The molecule has 1 fully saturated rings. The standard InChI is InChI=1S/C16H23N3O2/c1-2-3-4-8-19-12-14(9-15(19)20)16(21)18-11-13-6-5-7-17-10-13/h5-7,10,14H,2-4,8-9,11-12H2,1H3,(H,18,21). The van der Waals surface area contributed by atoms with Gasteiger partial charge in [0.2, 0.25) is 11.8 Å². The molecule has 1 aromatic rings. The highest BCUT2D eigenvalue weighted by molar-refractivity contribution is 5.89. The summed E-state index contributed by atoms with van der Waals surface area (Å²) in [5, 5.41) is 2.89. The van der Waals surface area contributed by atoms with Gasteiger partial charge < -0.3 is 10.2 Å². The van der Waals surface area contributed by atoms with Crippen LogP contribution in [-0.2, 0) is 16.1 Å². The lowest BCUT2D eigenvalue weighted by atomic mass is 10.1. The maximum atomic E-state index is 12.1. The summed E-state index contributed by atoms with van der Waals surface area (Å²) >= 11 is 0. The third kappa shape index (κ3) is 4.55. The maximum absolute atomic E-state index is 12.1. The molecule has 1 aliphatic heterocycles. The van der Waals surface area contributed by atoms with Crippen LogP contribution in [0.2, 0.25) is 0 Å². The monoisotopic (exact) mass is 289 g/mol. The number of likely N-dealkylation sites (tertiary alicyclic amines) is 1. The number of hydrogen-bond donors (Lipinski definition) is 1. The third-order valence-electron chi connectivity index (χ3n) is 3.81. The van der Waals surface area contributed by atoms with E-state index in [1.165, 1.54) is 0 Å². The molecule has 21 heavy (non-hydrogen) atoms. The zero-order valence-electron chi connectivity index (χ0n) is 12.5. The molecule has 1 N–H and O–H groups in total. The highest BCUT2D eigenvalue weighted by atomic mass is 16.2. The van der Waals surface area contributed by atoms with E-state index in [1.807, 2.05) is 17.0 Å². The van der Waals surface area contributed by atoms with Gasteiger partial charge in [0.05, 0.1) is 5.92 Å². The highest BCUT2D eigenvalue weighted by Gasteiger charge is 2.33. The number of amides is 2. The fourth-order valence-corrected chi connectivity index (χ4v) is 2.55. The Balaban J connectivity index is 1.77. The highest BCUT2D eigenvalue weighted by Crippen LogP contribution is 2.18. The lowest BCUT2D eigenvalue weighted by Crippen LogP contribution is -2.33. The van der Waals surface area contributed by atoms with Gasteiger partial charge >= 0.3 is 0 Å². The smallest absolute Gasteiger partial charge is 0.225 e. The summed E-state index contributed by atoms with van der Waals surface area (Å²) in [5.41, 5.74) is 0.968. The van der Waals surface area contributed by atoms with Crippen molar-refractivity contribution in [2.75, 3.05) is 13.1 Å². The zero-order chi connectivity index (χ0) is 15.1. The van der Waals surface area contributed by atoms with Crippen LogP contribution < -0.4 is 5.32 Å². The molecule has 5 heteroatoms. The van der Waals surface area contributed by atoms with Crippen molar-refractivity contribution in [1.29, 1.82) is 0 Å². The molecule has 1 atom stereocenters. The molecule has 0 saturated carbocycles. The van der Waals surface area contributed by atoms with Crippen LogP contribution >= 0.6 is 0 Å². The fourth-order valence-electron chi connectivity index (χ4n) is 2.55. The van der Waals surface area contributed by atoms with Gasteiger partial charge in [-0.25, -0.2) is 0 Å². The largest absolute Gasteiger partial charge is 0.352 e. The first-order chi connectivity index (χ1) is 10.2. The van der Waals surface area contributed by atoms with Crippen LogP contribution in [0, 0.1) is 5.92 Å². The van der Waals surface area contributed by atoms with Gasteiger partial charge in [-0.05, 0) is 18.1 Å². The molecule has 0 aliphatic carbocycles. The predicted molar refractivity (Wildman–Crippen MR) is 80.3 cm³/mol. The van der Waals surface area contributed by atoms with Crippen molar-refractivity contribution in [3.05, 3.63) is 30.1 Å². The number of rotatable bonds is 7. The summed E-state index contributed by atoms with van der Waals surface area (Å²) < 4.78 is 0. The molecular formula is C16H23N3O2. The first kappa shape index (κ1) is 15.5. The van der Waals surface area contributed by atoms with Crippen LogP contribution in [-0.4, -0.2) is 34.8 Å². The van der Waals surface area contributed by atoms with Gasteiger partial charge in [-0.1, -0.05) is 25.8 Å². The summed E-state index contributed by atoms with van der Waals surface area (Å²) in [4.78, 5) is 29.9. The molecule has 1 aromatic heterocycles. The van der Waals surface area contributed by atoms with Crippen LogP contribution in [0.15, 0.2) is 24.5 Å². The van der Waals surface area contributed by atoms with Crippen LogP contribution in [0.25, 0.3) is 0 Å². The Hall–Kier alpha value is -1.91. The Morgan fingerprint density at radius 1 is 1.48 bits per heavy atom. The Bertz CT molecular complexity index is 476. The van der Waals surface area contributed by atoms with E-state index in [0.29, 0.717) is 19.5 Å². The SMILES string of the molecule is CCCCCN1CC(C(=O)NCc2cccnc2)CC1=O. The number of nitrogens with one attached hydrogen (secondary N) is 1. The number of aromatic nitrogens is 1. The topological polar surface area (TPSA) is 62.3 Å². The number of carbonyl (C=O) groups is 2. The van der Waals surface area contributed by atoms with E-state index in [9.17, 15) is 9.59 Å². The van der Waals surface area contributed by atoms with E-state index < -0.39 is 0 Å².